The van der Waals surface area contributed by atoms with Gasteiger partial charge in [-0.05, 0) is 39.0 Å². The number of rotatable bonds is 3. The zero-order valence-corrected chi connectivity index (χ0v) is 13.7. The molecule has 0 aliphatic carbocycles. The minimum absolute atomic E-state index is 0.00990. The molecule has 0 radical (unpaired) electrons. The highest BCUT2D eigenvalue weighted by Gasteiger charge is 2.25. The maximum absolute atomic E-state index is 12.0. The molecule has 3 atom stereocenters. The van der Waals surface area contributed by atoms with Gasteiger partial charge in [0.2, 0.25) is 0 Å². The molecule has 112 valence electrons. The van der Waals surface area contributed by atoms with Crippen molar-refractivity contribution in [1.82, 2.24) is 10.2 Å². The molecular weight excluding hydrogens is 260 g/mol. The number of carbonyl (C=O) groups is 1. The third kappa shape index (κ3) is 5.51. The second-order valence-electron chi connectivity index (χ2n) is 6.74. The van der Waals surface area contributed by atoms with E-state index in [1.165, 1.54) is 6.42 Å². The molecule has 1 aliphatic rings. The standard InChI is InChI=1S/C14H28N2O2S/c1-11-8-12(2)10-16(9-11)13(17)15-6-7-19(18)14(3,4)5/h11-12H,6-10H2,1-5H3,(H,15,17). The Bertz CT molecular complexity index is 329. The van der Waals surface area contributed by atoms with E-state index in [4.69, 9.17) is 0 Å². The van der Waals surface area contributed by atoms with Crippen molar-refractivity contribution in [2.24, 2.45) is 11.8 Å². The van der Waals surface area contributed by atoms with Crippen LogP contribution in [0.4, 0.5) is 4.79 Å². The highest BCUT2D eigenvalue weighted by Crippen LogP contribution is 2.20. The van der Waals surface area contributed by atoms with E-state index in [0.29, 0.717) is 24.1 Å². The van der Waals surface area contributed by atoms with Gasteiger partial charge in [-0.1, -0.05) is 13.8 Å². The summed E-state index contributed by atoms with van der Waals surface area (Å²) in [6.45, 7) is 12.4. The van der Waals surface area contributed by atoms with Crippen LogP contribution in [-0.4, -0.2) is 45.3 Å². The Kier molecular flexibility index (Phi) is 5.83. The predicted molar refractivity (Wildman–Crippen MR) is 80.7 cm³/mol. The van der Waals surface area contributed by atoms with Crippen LogP contribution < -0.4 is 5.32 Å². The zero-order valence-electron chi connectivity index (χ0n) is 12.9. The van der Waals surface area contributed by atoms with E-state index >= 15 is 0 Å². The van der Waals surface area contributed by atoms with Crippen LogP contribution in [0.3, 0.4) is 0 Å². The lowest BCUT2D eigenvalue weighted by Crippen LogP contribution is -2.48. The molecule has 19 heavy (non-hydrogen) atoms. The van der Waals surface area contributed by atoms with Crippen LogP contribution in [0.5, 0.6) is 0 Å². The van der Waals surface area contributed by atoms with Gasteiger partial charge in [-0.3, -0.25) is 4.21 Å². The van der Waals surface area contributed by atoms with Crippen molar-refractivity contribution in [2.75, 3.05) is 25.4 Å². The Labute approximate surface area is 119 Å². The van der Waals surface area contributed by atoms with Crippen molar-refractivity contribution in [3.05, 3.63) is 0 Å². The molecule has 2 amide bonds. The normalized spacial score (nSPS) is 26.1. The summed E-state index contributed by atoms with van der Waals surface area (Å²) in [6.07, 6.45) is 1.19. The molecule has 1 aliphatic heterocycles. The summed E-state index contributed by atoms with van der Waals surface area (Å²) in [5.41, 5.74) is 0. The first-order valence-corrected chi connectivity index (χ1v) is 8.43. The third-order valence-corrected chi connectivity index (χ3v) is 5.34. The van der Waals surface area contributed by atoms with E-state index in [1.54, 1.807) is 0 Å². The number of urea groups is 1. The van der Waals surface area contributed by atoms with Crippen LogP contribution in [0, 0.1) is 11.8 Å². The summed E-state index contributed by atoms with van der Waals surface area (Å²) < 4.78 is 11.7. The monoisotopic (exact) mass is 288 g/mol. The lowest BCUT2D eigenvalue weighted by Gasteiger charge is -2.35. The van der Waals surface area contributed by atoms with Crippen LogP contribution in [0.2, 0.25) is 0 Å². The minimum atomic E-state index is -0.906. The highest BCUT2D eigenvalue weighted by atomic mass is 32.2. The number of hydrogen-bond donors (Lipinski definition) is 1. The zero-order chi connectivity index (χ0) is 14.6. The van der Waals surface area contributed by atoms with Crippen molar-refractivity contribution in [1.29, 1.82) is 0 Å². The molecule has 4 nitrogen and oxygen atoms in total. The second-order valence-corrected chi connectivity index (χ2v) is 9.07. The average molecular weight is 288 g/mol. The van der Waals surface area contributed by atoms with Gasteiger partial charge in [0.25, 0.3) is 0 Å². The fourth-order valence-corrected chi connectivity index (χ4v) is 3.40. The lowest BCUT2D eigenvalue weighted by molar-refractivity contribution is 0.146. The fourth-order valence-electron chi connectivity index (χ4n) is 2.50. The summed E-state index contributed by atoms with van der Waals surface area (Å²) in [5, 5.41) is 2.89. The Balaban J connectivity index is 2.33. The van der Waals surface area contributed by atoms with E-state index in [2.05, 4.69) is 19.2 Å². The summed E-state index contributed by atoms with van der Waals surface area (Å²) in [6, 6.07) is -0.00990. The quantitative estimate of drug-likeness (QED) is 0.865. The van der Waals surface area contributed by atoms with Gasteiger partial charge in [0.1, 0.15) is 0 Å². The molecule has 0 saturated carbocycles. The van der Waals surface area contributed by atoms with Crippen molar-refractivity contribution < 1.29 is 9.00 Å². The highest BCUT2D eigenvalue weighted by molar-refractivity contribution is 7.86. The molecular formula is C14H28N2O2S. The average Bonchev–Trinajstić information content (AvgIpc) is 2.26. The SMILES string of the molecule is CC1CC(C)CN(C(=O)NCCS(=O)C(C)(C)C)C1. The van der Waals surface area contributed by atoms with E-state index in [-0.39, 0.29) is 10.8 Å². The number of hydrogen-bond acceptors (Lipinski definition) is 2. The van der Waals surface area contributed by atoms with Crippen LogP contribution in [0.1, 0.15) is 41.0 Å². The number of amides is 2. The molecule has 0 aromatic rings. The van der Waals surface area contributed by atoms with Gasteiger partial charge in [0.05, 0.1) is 0 Å². The summed E-state index contributed by atoms with van der Waals surface area (Å²) in [5.74, 6) is 1.66. The molecule has 1 fully saturated rings. The molecule has 5 heteroatoms. The maximum atomic E-state index is 12.0. The summed E-state index contributed by atoms with van der Waals surface area (Å²) >= 11 is 0. The minimum Gasteiger partial charge on any atom is -0.337 e. The van der Waals surface area contributed by atoms with Gasteiger partial charge in [-0.2, -0.15) is 0 Å². The third-order valence-electron chi connectivity index (χ3n) is 3.40. The van der Waals surface area contributed by atoms with E-state index in [0.717, 1.165) is 13.1 Å². The first kappa shape index (κ1) is 16.5. The van der Waals surface area contributed by atoms with Crippen molar-refractivity contribution in [3.63, 3.8) is 0 Å². The Hall–Kier alpha value is -0.580. The Morgan fingerprint density at radius 1 is 1.26 bits per heavy atom. The van der Waals surface area contributed by atoms with Crippen molar-refractivity contribution >= 4 is 16.8 Å². The molecule has 0 spiro atoms. The van der Waals surface area contributed by atoms with Gasteiger partial charge in [0.15, 0.2) is 0 Å². The number of nitrogens with zero attached hydrogens (tertiary/aromatic N) is 1. The molecule has 1 N–H and O–H groups in total. The van der Waals surface area contributed by atoms with Crippen LogP contribution >= 0.6 is 0 Å². The second kappa shape index (κ2) is 6.73. The molecule has 1 saturated heterocycles. The summed E-state index contributed by atoms with van der Waals surface area (Å²) in [7, 11) is -0.906. The van der Waals surface area contributed by atoms with Gasteiger partial charge in [0, 0.05) is 40.9 Å². The number of nitrogens with one attached hydrogen (secondary N) is 1. The number of piperidine rings is 1. The summed E-state index contributed by atoms with van der Waals surface area (Å²) in [4.78, 5) is 13.9. The van der Waals surface area contributed by atoms with Gasteiger partial charge >= 0.3 is 6.03 Å². The molecule has 1 heterocycles. The largest absolute Gasteiger partial charge is 0.337 e. The topological polar surface area (TPSA) is 49.4 Å². The maximum Gasteiger partial charge on any atom is 0.317 e. The Morgan fingerprint density at radius 3 is 2.26 bits per heavy atom. The van der Waals surface area contributed by atoms with Gasteiger partial charge < -0.3 is 10.2 Å². The smallest absolute Gasteiger partial charge is 0.317 e. The fraction of sp³-hybridized carbons (Fsp3) is 0.929. The van der Waals surface area contributed by atoms with E-state index in [1.807, 2.05) is 25.7 Å². The van der Waals surface area contributed by atoms with Crippen LogP contribution in [0.25, 0.3) is 0 Å². The van der Waals surface area contributed by atoms with Crippen LogP contribution in [-0.2, 0) is 10.8 Å². The first-order valence-electron chi connectivity index (χ1n) is 7.11. The number of carbonyl (C=O) groups excluding carboxylic acids is 1. The van der Waals surface area contributed by atoms with Crippen LogP contribution in [0.15, 0.2) is 0 Å². The predicted octanol–water partition coefficient (Wildman–Crippen LogP) is 2.22. The lowest BCUT2D eigenvalue weighted by atomic mass is 9.92. The molecule has 0 aromatic carbocycles. The van der Waals surface area contributed by atoms with Gasteiger partial charge in [-0.25, -0.2) is 4.79 Å². The first-order chi connectivity index (χ1) is 8.70. The van der Waals surface area contributed by atoms with E-state index in [9.17, 15) is 9.00 Å². The van der Waals surface area contributed by atoms with E-state index < -0.39 is 10.8 Å². The van der Waals surface area contributed by atoms with Gasteiger partial charge in [-0.15, -0.1) is 0 Å². The molecule has 3 unspecified atom stereocenters. The van der Waals surface area contributed by atoms with Crippen molar-refractivity contribution in [2.45, 2.75) is 45.8 Å². The Morgan fingerprint density at radius 2 is 1.79 bits per heavy atom. The molecule has 0 bridgehead atoms. The molecule has 1 rings (SSSR count). The van der Waals surface area contributed by atoms with Crippen molar-refractivity contribution in [3.8, 4) is 0 Å². The number of likely N-dealkylation sites (tertiary alicyclic amines) is 1. The molecule has 0 aromatic heterocycles.